The standard InChI is InChI=1S/C17H19N2.C10H8O.2C2H5.H2Si.Ti/c1-18(2)14-7-5-12-9-13-6-8-15(19(3)4)11-17(13)16(12)10-14;11-10-6-5-8-3-1-2-4-9(8)7-10;2*1-2;;/h5-11H,1-4H3;1-7,11H;2*1H2,2H3;1H2;/q;;;;;+1/p-1. The molecule has 0 saturated carbocycles. The summed E-state index contributed by atoms with van der Waals surface area (Å²) in [5.74, 6) is 1.02. The van der Waals surface area contributed by atoms with Gasteiger partial charge in [0, 0.05) is 0 Å². The van der Waals surface area contributed by atoms with Crippen LogP contribution in [0, 0.1) is 0 Å². The Morgan fingerprint density at radius 3 is 1.72 bits per heavy atom. The quantitative estimate of drug-likeness (QED) is 0.236. The molecule has 0 saturated heterocycles. The fraction of sp³-hybridized carbons (Fsp3) is 0.290. The molecule has 5 heteroatoms. The van der Waals surface area contributed by atoms with Crippen LogP contribution in [0.2, 0.25) is 9.45 Å². The Morgan fingerprint density at radius 1 is 0.694 bits per heavy atom. The van der Waals surface area contributed by atoms with Gasteiger partial charge in [-0.2, -0.15) is 0 Å². The summed E-state index contributed by atoms with van der Waals surface area (Å²) >= 11 is -3.64. The van der Waals surface area contributed by atoms with Crippen molar-refractivity contribution in [1.29, 1.82) is 0 Å². The molecular formula is C31H38N2OSiTi. The van der Waals surface area contributed by atoms with E-state index < -0.39 is 14.4 Å². The van der Waals surface area contributed by atoms with Crippen LogP contribution in [0.15, 0.2) is 78.9 Å². The number of nitrogens with zero attached hydrogens (tertiary/aromatic N) is 2. The molecule has 0 radical (unpaired) electrons. The second kappa shape index (κ2) is 9.09. The molecule has 5 rings (SSSR count). The van der Waals surface area contributed by atoms with Gasteiger partial charge in [0.1, 0.15) is 0 Å². The van der Waals surface area contributed by atoms with E-state index in [1.165, 1.54) is 44.4 Å². The summed E-state index contributed by atoms with van der Waals surface area (Å²) < 4.78 is 9.93. The zero-order valence-corrected chi connectivity index (χ0v) is 25.5. The Balaban J connectivity index is 1.73. The Kier molecular flexibility index (Phi) is 6.35. The molecule has 0 aliphatic heterocycles. The van der Waals surface area contributed by atoms with Gasteiger partial charge >= 0.3 is 220 Å². The average molecular weight is 531 g/mol. The fourth-order valence-electron chi connectivity index (χ4n) is 5.98. The van der Waals surface area contributed by atoms with E-state index in [9.17, 15) is 0 Å². The number of anilines is 2. The first kappa shape index (κ1) is 25.1. The van der Waals surface area contributed by atoms with Gasteiger partial charge in [0.05, 0.1) is 0 Å². The second-order valence-corrected chi connectivity index (χ2v) is 27.4. The predicted molar refractivity (Wildman–Crippen MR) is 156 cm³/mol. The fourth-order valence-corrected chi connectivity index (χ4v) is 15.6. The molecule has 0 spiro atoms. The van der Waals surface area contributed by atoms with Gasteiger partial charge in [-0.3, -0.25) is 0 Å². The van der Waals surface area contributed by atoms with Crippen LogP contribution in [0.4, 0.5) is 11.4 Å². The molecule has 3 nitrogen and oxygen atoms in total. The van der Waals surface area contributed by atoms with Crippen molar-refractivity contribution >= 4 is 29.8 Å². The van der Waals surface area contributed by atoms with E-state index in [2.05, 4.69) is 138 Å². The van der Waals surface area contributed by atoms with Gasteiger partial charge in [0.25, 0.3) is 0 Å². The molecule has 1 aliphatic carbocycles. The first-order valence-corrected chi connectivity index (χ1v) is 20.8. The molecule has 1 aliphatic rings. The second-order valence-electron chi connectivity index (χ2n) is 11.0. The van der Waals surface area contributed by atoms with Gasteiger partial charge in [-0.05, 0) is 0 Å². The van der Waals surface area contributed by atoms with Gasteiger partial charge in [-0.1, -0.05) is 0 Å². The summed E-state index contributed by atoms with van der Waals surface area (Å²) in [7, 11) is 10.7. The van der Waals surface area contributed by atoms with E-state index in [1.807, 2.05) is 0 Å². The molecule has 4 aromatic rings. The van der Waals surface area contributed by atoms with E-state index in [0.29, 0.717) is 4.22 Å². The normalized spacial score (nSPS) is 13.4. The number of benzene rings is 4. The van der Waals surface area contributed by atoms with Crippen LogP contribution < -0.4 is 13.1 Å². The maximum absolute atomic E-state index is 7.43. The molecule has 0 unspecified atom stereocenters. The third kappa shape index (κ3) is 4.00. The summed E-state index contributed by atoms with van der Waals surface area (Å²) in [6, 6.07) is 29.3. The van der Waals surface area contributed by atoms with Crippen LogP contribution >= 0.6 is 0 Å². The summed E-state index contributed by atoms with van der Waals surface area (Å²) in [5.41, 5.74) is 8.12. The first-order valence-electron chi connectivity index (χ1n) is 13.0. The molecule has 186 valence electrons. The summed E-state index contributed by atoms with van der Waals surface area (Å²) in [4.78, 5) is 4.40. The molecule has 0 heterocycles. The van der Waals surface area contributed by atoms with Gasteiger partial charge in [0.15, 0.2) is 0 Å². The average Bonchev–Trinajstić information content (AvgIpc) is 3.22. The number of hydrogen-bond donors (Lipinski definition) is 0. The number of fused-ring (bicyclic) bond motifs is 4. The van der Waals surface area contributed by atoms with Crippen LogP contribution in [0.5, 0.6) is 5.75 Å². The van der Waals surface area contributed by atoms with Crippen molar-refractivity contribution in [1.82, 2.24) is 0 Å². The summed E-state index contributed by atoms with van der Waals surface area (Å²) in [6.45, 7) is 4.74. The third-order valence-electron chi connectivity index (χ3n) is 8.56. The van der Waals surface area contributed by atoms with Gasteiger partial charge in [-0.25, -0.2) is 0 Å². The molecule has 0 atom stereocenters. The van der Waals surface area contributed by atoms with Gasteiger partial charge in [-0.15, -0.1) is 0 Å². The SMILES string of the molecule is C[CH2][Ti](=[SiH2])([CH2]C)([O]c1ccc2ccccc2c1)[CH]1c2ccc(N(C)C)cc2-c2cc(N(C)C)ccc21. The van der Waals surface area contributed by atoms with Crippen LogP contribution in [0.25, 0.3) is 21.9 Å². The first-order chi connectivity index (χ1) is 17.2. The minimum atomic E-state index is -3.64. The third-order valence-corrected chi connectivity index (χ3v) is 24.7. The van der Waals surface area contributed by atoms with Crippen LogP contribution in [-0.4, -0.2) is 35.8 Å². The van der Waals surface area contributed by atoms with Crippen LogP contribution in [-0.2, 0) is 14.4 Å². The number of hydrogen-bond acceptors (Lipinski definition) is 3. The predicted octanol–water partition coefficient (Wildman–Crippen LogP) is 7.15. The van der Waals surface area contributed by atoms with Crippen molar-refractivity contribution in [2.45, 2.75) is 27.5 Å². The van der Waals surface area contributed by atoms with E-state index >= 15 is 0 Å². The Hall–Kier alpha value is -2.53. The van der Waals surface area contributed by atoms with Crippen molar-refractivity contribution in [3.8, 4) is 16.9 Å². The molecule has 0 amide bonds. The Labute approximate surface area is 219 Å². The van der Waals surface area contributed by atoms with Crippen molar-refractivity contribution in [2.75, 3.05) is 38.0 Å². The zero-order chi connectivity index (χ0) is 25.7. The van der Waals surface area contributed by atoms with Crippen molar-refractivity contribution < 1.29 is 17.7 Å². The Morgan fingerprint density at radius 2 is 1.22 bits per heavy atom. The van der Waals surface area contributed by atoms with E-state index in [4.69, 9.17) is 3.32 Å². The topological polar surface area (TPSA) is 15.7 Å². The van der Waals surface area contributed by atoms with E-state index in [1.54, 1.807) is 0 Å². The molecule has 4 aromatic carbocycles. The van der Waals surface area contributed by atoms with Crippen LogP contribution in [0.3, 0.4) is 0 Å². The van der Waals surface area contributed by atoms with Crippen LogP contribution in [0.1, 0.15) is 29.2 Å². The molecule has 0 aromatic heterocycles. The molecular weight excluding hydrogens is 492 g/mol. The molecule has 0 fully saturated rings. The van der Waals surface area contributed by atoms with Gasteiger partial charge in [0.2, 0.25) is 0 Å². The van der Waals surface area contributed by atoms with Crippen molar-refractivity contribution in [3.63, 3.8) is 0 Å². The van der Waals surface area contributed by atoms with E-state index in [0.717, 1.165) is 15.2 Å². The number of rotatable bonds is 7. The Bertz CT molecular complexity index is 1460. The van der Waals surface area contributed by atoms with E-state index in [-0.39, 0.29) is 0 Å². The molecule has 36 heavy (non-hydrogen) atoms. The minimum absolute atomic E-state index is 0.319. The summed E-state index contributed by atoms with van der Waals surface area (Å²) in [5, 5.41) is 2.50. The van der Waals surface area contributed by atoms with Crippen molar-refractivity contribution in [2.24, 2.45) is 0 Å². The molecule has 0 bridgehead atoms. The molecule has 0 N–H and O–H groups in total. The van der Waals surface area contributed by atoms with Gasteiger partial charge < -0.3 is 0 Å². The zero-order valence-electron chi connectivity index (χ0n) is 22.5. The monoisotopic (exact) mass is 530 g/mol. The summed E-state index contributed by atoms with van der Waals surface area (Å²) in [6.07, 6.45) is 0. The van der Waals surface area contributed by atoms with Crippen molar-refractivity contribution in [3.05, 3.63) is 90.0 Å². The maximum atomic E-state index is 7.43.